The Balaban J connectivity index is 1.30. The van der Waals surface area contributed by atoms with Crippen molar-refractivity contribution in [2.75, 3.05) is 0 Å². The fourth-order valence-electron chi connectivity index (χ4n) is 7.89. The van der Waals surface area contributed by atoms with Crippen LogP contribution in [0.5, 0.6) is 11.5 Å². The Morgan fingerprint density at radius 3 is 2.10 bits per heavy atom. The number of benzene rings is 4. The van der Waals surface area contributed by atoms with Crippen molar-refractivity contribution in [1.29, 1.82) is 0 Å². The molecule has 4 aromatic carbocycles. The summed E-state index contributed by atoms with van der Waals surface area (Å²) in [6, 6.07) is 30.4. The van der Waals surface area contributed by atoms with Crippen LogP contribution in [-0.2, 0) is 0 Å². The van der Waals surface area contributed by atoms with E-state index in [9.17, 15) is 0 Å². The zero-order valence-corrected chi connectivity index (χ0v) is 32.1. The molecule has 0 aliphatic carbocycles. The summed E-state index contributed by atoms with van der Waals surface area (Å²) in [5, 5.41) is 7.36. The van der Waals surface area contributed by atoms with Crippen molar-refractivity contribution in [2.24, 2.45) is 0 Å². The second-order valence-corrected chi connectivity index (χ2v) is 15.1. The summed E-state index contributed by atoms with van der Waals surface area (Å²) in [6.07, 6.45) is 10.8. The predicted octanol–water partition coefficient (Wildman–Crippen LogP) is 13.4. The van der Waals surface area contributed by atoms with Crippen LogP contribution in [0.2, 0.25) is 0 Å². The minimum atomic E-state index is 0.315. The van der Waals surface area contributed by atoms with Gasteiger partial charge in [-0.25, -0.2) is 9.67 Å². The van der Waals surface area contributed by atoms with Crippen LogP contribution in [0.15, 0.2) is 104 Å². The molecule has 0 saturated carbocycles. The fraction of sp³-hybridized carbons (Fsp3) is 0.319. The molecule has 0 saturated heterocycles. The van der Waals surface area contributed by atoms with E-state index in [2.05, 4.69) is 151 Å². The fourth-order valence-corrected chi connectivity index (χ4v) is 7.89. The van der Waals surface area contributed by atoms with Crippen LogP contribution in [-0.4, -0.2) is 19.3 Å². The molecule has 7 aromatic rings. The number of fused-ring (bicyclic) bond motifs is 3. The molecule has 5 heteroatoms. The first-order valence-electron chi connectivity index (χ1n) is 19.1. The Morgan fingerprint density at radius 2 is 1.40 bits per heavy atom. The molecule has 0 fully saturated rings. The number of pyridine rings is 1. The third-order valence-corrected chi connectivity index (χ3v) is 10.6. The number of aryl methyl sites for hydroxylation is 2. The quantitative estimate of drug-likeness (QED) is 0.128. The van der Waals surface area contributed by atoms with Gasteiger partial charge in [0.1, 0.15) is 17.3 Å². The van der Waals surface area contributed by atoms with Crippen molar-refractivity contribution >= 4 is 21.8 Å². The van der Waals surface area contributed by atoms with Gasteiger partial charge in [-0.05, 0) is 115 Å². The number of hydrogen-bond donors (Lipinski definition) is 0. The second kappa shape index (κ2) is 14.8. The van der Waals surface area contributed by atoms with Crippen molar-refractivity contribution in [2.45, 2.75) is 98.8 Å². The number of aromatic nitrogens is 4. The molecule has 266 valence electrons. The lowest BCUT2D eigenvalue weighted by molar-refractivity contribution is 0.481. The van der Waals surface area contributed by atoms with Gasteiger partial charge in [-0.1, -0.05) is 90.3 Å². The van der Waals surface area contributed by atoms with Crippen LogP contribution in [0, 0.1) is 13.8 Å². The van der Waals surface area contributed by atoms with E-state index in [4.69, 9.17) is 14.8 Å². The minimum Gasteiger partial charge on any atom is -0.457 e. The maximum Gasteiger partial charge on any atom is 0.137 e. The zero-order valence-electron chi connectivity index (χ0n) is 32.1. The van der Waals surface area contributed by atoms with Crippen molar-refractivity contribution in [3.63, 3.8) is 0 Å². The lowest BCUT2D eigenvalue weighted by Gasteiger charge is -2.23. The average molecular weight is 689 g/mol. The lowest BCUT2D eigenvalue weighted by Crippen LogP contribution is -2.04. The standard InChI is InChI=1S/C47H52N4O/c1-9-13-33(7)42-21-32(6)22-43(34(8)14-10-2)47(42)36-28-49-50(29-36)37-24-35(30(3)4)25-39(26-37)52-38-17-18-41-40-15-11-12-16-44(40)51(45(41)27-38)46-23-31(5)19-20-48-46/h11-12,15-30,33-34H,9-10,13-14H2,1-8H3/t33-,34?/m1/s1. The molecule has 0 spiro atoms. The second-order valence-electron chi connectivity index (χ2n) is 15.1. The summed E-state index contributed by atoms with van der Waals surface area (Å²) in [5.41, 5.74) is 12.3. The van der Waals surface area contributed by atoms with Gasteiger partial charge in [0, 0.05) is 40.9 Å². The van der Waals surface area contributed by atoms with Crippen molar-refractivity contribution in [3.8, 4) is 34.1 Å². The Kier molecular flexibility index (Phi) is 10.1. The third-order valence-electron chi connectivity index (χ3n) is 10.6. The lowest BCUT2D eigenvalue weighted by atomic mass is 9.81. The third kappa shape index (κ3) is 6.89. The van der Waals surface area contributed by atoms with E-state index in [0.717, 1.165) is 59.7 Å². The average Bonchev–Trinajstić information content (AvgIpc) is 3.74. The Labute approximate surface area is 309 Å². The number of rotatable bonds is 12. The van der Waals surface area contributed by atoms with Crippen molar-refractivity contribution < 1.29 is 4.74 Å². The zero-order chi connectivity index (χ0) is 36.5. The van der Waals surface area contributed by atoms with Crippen molar-refractivity contribution in [1.82, 2.24) is 19.3 Å². The van der Waals surface area contributed by atoms with Crippen LogP contribution in [0.3, 0.4) is 0 Å². The van der Waals surface area contributed by atoms with Crippen LogP contribution in [0.4, 0.5) is 0 Å². The molecular weight excluding hydrogens is 637 g/mol. The van der Waals surface area contributed by atoms with Gasteiger partial charge in [0.25, 0.3) is 0 Å². The molecule has 0 aliphatic heterocycles. The van der Waals surface area contributed by atoms with Crippen molar-refractivity contribution in [3.05, 3.63) is 131 Å². The van der Waals surface area contributed by atoms with Crippen LogP contribution in [0.25, 0.3) is 44.4 Å². The molecule has 3 aromatic heterocycles. The molecule has 0 amide bonds. The molecule has 3 heterocycles. The van der Waals surface area contributed by atoms with Crippen LogP contribution in [0.1, 0.15) is 113 Å². The highest BCUT2D eigenvalue weighted by Gasteiger charge is 2.22. The summed E-state index contributed by atoms with van der Waals surface area (Å²) in [4.78, 5) is 4.76. The molecule has 0 aliphatic rings. The van der Waals surface area contributed by atoms with Gasteiger partial charge < -0.3 is 4.74 Å². The smallest absolute Gasteiger partial charge is 0.137 e. The first kappa shape index (κ1) is 35.3. The first-order valence-corrected chi connectivity index (χ1v) is 19.1. The van der Waals surface area contributed by atoms with E-state index >= 15 is 0 Å². The van der Waals surface area contributed by atoms with E-state index in [0.29, 0.717) is 17.8 Å². The van der Waals surface area contributed by atoms with Gasteiger partial charge in [0.05, 0.1) is 22.9 Å². The Hall–Kier alpha value is -5.16. The number of ether oxygens (including phenoxy) is 1. The molecule has 0 bridgehead atoms. The number of nitrogens with zero attached hydrogens (tertiary/aromatic N) is 4. The summed E-state index contributed by atoms with van der Waals surface area (Å²) in [6.45, 7) is 18.1. The molecule has 5 nitrogen and oxygen atoms in total. The molecule has 1 unspecified atom stereocenters. The minimum absolute atomic E-state index is 0.315. The first-order chi connectivity index (χ1) is 25.1. The summed E-state index contributed by atoms with van der Waals surface area (Å²) >= 11 is 0. The molecule has 0 radical (unpaired) electrons. The molecule has 52 heavy (non-hydrogen) atoms. The van der Waals surface area contributed by atoms with Gasteiger partial charge in [-0.3, -0.25) is 4.57 Å². The van der Waals surface area contributed by atoms with E-state index in [1.54, 1.807) is 0 Å². The highest BCUT2D eigenvalue weighted by molar-refractivity contribution is 6.09. The largest absolute Gasteiger partial charge is 0.457 e. The Bertz CT molecular complexity index is 2330. The monoisotopic (exact) mass is 688 g/mol. The van der Waals surface area contributed by atoms with E-state index in [-0.39, 0.29) is 0 Å². The molecule has 2 atom stereocenters. The van der Waals surface area contributed by atoms with E-state index in [1.165, 1.54) is 49.7 Å². The van der Waals surface area contributed by atoms with E-state index < -0.39 is 0 Å². The van der Waals surface area contributed by atoms with Gasteiger partial charge >= 0.3 is 0 Å². The molecule has 7 rings (SSSR count). The highest BCUT2D eigenvalue weighted by Crippen LogP contribution is 2.41. The summed E-state index contributed by atoms with van der Waals surface area (Å²) in [7, 11) is 0. The molecular formula is C47H52N4O. The number of hydrogen-bond acceptors (Lipinski definition) is 3. The van der Waals surface area contributed by atoms with Crippen LogP contribution < -0.4 is 4.74 Å². The molecule has 0 N–H and O–H groups in total. The van der Waals surface area contributed by atoms with Gasteiger partial charge in [0.2, 0.25) is 0 Å². The summed E-state index contributed by atoms with van der Waals surface area (Å²) in [5.74, 6) is 3.72. The highest BCUT2D eigenvalue weighted by atomic mass is 16.5. The van der Waals surface area contributed by atoms with Gasteiger partial charge in [-0.15, -0.1) is 0 Å². The normalized spacial score (nSPS) is 12.9. The van der Waals surface area contributed by atoms with E-state index in [1.807, 2.05) is 16.9 Å². The van der Waals surface area contributed by atoms with Gasteiger partial charge in [0.15, 0.2) is 0 Å². The topological polar surface area (TPSA) is 44.9 Å². The number of para-hydroxylation sites is 1. The Morgan fingerprint density at radius 1 is 0.692 bits per heavy atom. The van der Waals surface area contributed by atoms with Crippen LogP contribution >= 0.6 is 0 Å². The van der Waals surface area contributed by atoms with Gasteiger partial charge in [-0.2, -0.15) is 5.10 Å². The maximum atomic E-state index is 6.73. The maximum absolute atomic E-state index is 6.73. The summed E-state index contributed by atoms with van der Waals surface area (Å²) < 4.78 is 11.0. The predicted molar refractivity (Wildman–Crippen MR) is 218 cm³/mol. The SMILES string of the molecule is CCCC(C)c1cc(C)cc([C@H](C)CCC)c1-c1cnn(-c2cc(Oc3ccc4c5ccccc5n(-c5cc(C)ccn5)c4c3)cc(C(C)C)c2)c1.